The molecule has 1 heterocycles. The minimum Gasteiger partial charge on any atom is -0.265 e. The molecule has 0 aliphatic rings. The van der Waals surface area contributed by atoms with E-state index >= 15 is 0 Å². The van der Waals surface area contributed by atoms with Crippen LogP contribution in [0.15, 0.2) is 47.2 Å². The molecule has 0 saturated carbocycles. The molecule has 0 amide bonds. The van der Waals surface area contributed by atoms with Crippen molar-refractivity contribution in [2.45, 2.75) is 17.7 Å². The summed E-state index contributed by atoms with van der Waals surface area (Å²) in [5, 5.41) is 0. The van der Waals surface area contributed by atoms with Gasteiger partial charge in [0.1, 0.15) is 5.82 Å². The number of alkyl halides is 1. The van der Waals surface area contributed by atoms with Crippen molar-refractivity contribution in [2.75, 3.05) is 0 Å². The van der Waals surface area contributed by atoms with Crippen LogP contribution in [0.1, 0.15) is 28.8 Å². The van der Waals surface area contributed by atoms with Gasteiger partial charge in [0, 0.05) is 27.3 Å². The maximum atomic E-state index is 13.8. The summed E-state index contributed by atoms with van der Waals surface area (Å²) in [7, 11) is 0. The predicted molar refractivity (Wildman–Crippen MR) is 78.4 cm³/mol. The zero-order chi connectivity index (χ0) is 13.1. The van der Waals surface area contributed by atoms with Crippen molar-refractivity contribution in [3.05, 3.63) is 64.1 Å². The number of nitrogens with zero attached hydrogens (tertiary/aromatic N) is 1. The zero-order valence-corrected chi connectivity index (χ0v) is 12.9. The molecule has 0 bridgehead atoms. The molecular formula is C14H12Br2FN. The Morgan fingerprint density at radius 1 is 1.17 bits per heavy atom. The van der Waals surface area contributed by atoms with Crippen molar-refractivity contribution < 1.29 is 4.39 Å². The Bertz CT molecular complexity index is 531. The first kappa shape index (κ1) is 13.7. The van der Waals surface area contributed by atoms with Gasteiger partial charge in [-0.05, 0) is 41.8 Å². The van der Waals surface area contributed by atoms with Crippen LogP contribution in [0, 0.1) is 5.82 Å². The van der Waals surface area contributed by atoms with E-state index in [9.17, 15) is 4.39 Å². The van der Waals surface area contributed by atoms with Gasteiger partial charge in [-0.25, -0.2) is 4.39 Å². The van der Waals surface area contributed by atoms with E-state index in [-0.39, 0.29) is 16.6 Å². The van der Waals surface area contributed by atoms with E-state index in [1.165, 1.54) is 6.07 Å². The van der Waals surface area contributed by atoms with E-state index in [2.05, 4.69) is 43.8 Å². The van der Waals surface area contributed by atoms with Gasteiger partial charge < -0.3 is 0 Å². The number of pyridine rings is 1. The molecule has 0 saturated heterocycles. The van der Waals surface area contributed by atoms with E-state index in [0.29, 0.717) is 5.56 Å². The molecule has 0 fully saturated rings. The summed E-state index contributed by atoms with van der Waals surface area (Å²) in [4.78, 5) is 3.92. The Hall–Kier alpha value is -0.740. The van der Waals surface area contributed by atoms with Gasteiger partial charge in [-0.15, -0.1) is 0 Å². The molecule has 0 spiro atoms. The molecular weight excluding hydrogens is 361 g/mol. The van der Waals surface area contributed by atoms with Gasteiger partial charge in [0.15, 0.2) is 0 Å². The lowest BCUT2D eigenvalue weighted by molar-refractivity contribution is 0.596. The summed E-state index contributed by atoms with van der Waals surface area (Å²) < 4.78 is 14.7. The van der Waals surface area contributed by atoms with Crippen molar-refractivity contribution in [3.63, 3.8) is 0 Å². The highest BCUT2D eigenvalue weighted by atomic mass is 79.9. The van der Waals surface area contributed by atoms with Gasteiger partial charge in [0.2, 0.25) is 0 Å². The highest BCUT2D eigenvalue weighted by Crippen LogP contribution is 2.39. The first-order valence-electron chi connectivity index (χ1n) is 5.58. The lowest BCUT2D eigenvalue weighted by atomic mass is 9.94. The number of hydrogen-bond acceptors (Lipinski definition) is 1. The van der Waals surface area contributed by atoms with Gasteiger partial charge in [0.05, 0.1) is 0 Å². The minimum absolute atomic E-state index is 0.0719. The van der Waals surface area contributed by atoms with E-state index in [1.807, 2.05) is 18.2 Å². The van der Waals surface area contributed by atoms with Crippen LogP contribution in [0.25, 0.3) is 0 Å². The summed E-state index contributed by atoms with van der Waals surface area (Å²) in [5.41, 5.74) is 1.79. The second-order valence-electron chi connectivity index (χ2n) is 4.14. The number of rotatable bonds is 3. The smallest absolute Gasteiger partial charge is 0.127 e. The van der Waals surface area contributed by atoms with Gasteiger partial charge in [0.25, 0.3) is 0 Å². The number of aromatic nitrogens is 1. The molecule has 2 atom stereocenters. The fraction of sp³-hybridized carbons (Fsp3) is 0.214. The maximum Gasteiger partial charge on any atom is 0.127 e. The topological polar surface area (TPSA) is 12.9 Å². The van der Waals surface area contributed by atoms with Crippen LogP contribution < -0.4 is 0 Å². The standard InChI is InChI=1S/C14H12Br2FN/c1-9(10-4-6-18-7-5-10)14(16)12-8-11(15)2-3-13(12)17/h2-9,14H,1H3. The average molecular weight is 373 g/mol. The van der Waals surface area contributed by atoms with E-state index < -0.39 is 0 Å². The Labute approximate surface area is 123 Å². The predicted octanol–water partition coefficient (Wildman–Crippen LogP) is 5.22. The normalized spacial score (nSPS) is 14.2. The Morgan fingerprint density at radius 2 is 1.83 bits per heavy atom. The van der Waals surface area contributed by atoms with E-state index in [4.69, 9.17) is 0 Å². The van der Waals surface area contributed by atoms with Crippen LogP contribution in [0.5, 0.6) is 0 Å². The first-order chi connectivity index (χ1) is 8.59. The maximum absolute atomic E-state index is 13.8. The summed E-state index contributed by atoms with van der Waals surface area (Å²) in [6.07, 6.45) is 3.51. The molecule has 0 aliphatic carbocycles. The molecule has 0 aliphatic heterocycles. The zero-order valence-electron chi connectivity index (χ0n) is 9.78. The monoisotopic (exact) mass is 371 g/mol. The van der Waals surface area contributed by atoms with Crippen LogP contribution in [-0.4, -0.2) is 4.98 Å². The highest BCUT2D eigenvalue weighted by molar-refractivity contribution is 9.10. The van der Waals surface area contributed by atoms with Crippen LogP contribution in [-0.2, 0) is 0 Å². The minimum atomic E-state index is -0.194. The highest BCUT2D eigenvalue weighted by Gasteiger charge is 2.21. The van der Waals surface area contributed by atoms with E-state index in [0.717, 1.165) is 10.0 Å². The van der Waals surface area contributed by atoms with Crippen LogP contribution >= 0.6 is 31.9 Å². The summed E-state index contributed by atoms with van der Waals surface area (Å²) >= 11 is 6.96. The van der Waals surface area contributed by atoms with Crippen molar-refractivity contribution >= 4 is 31.9 Å². The molecule has 1 aromatic carbocycles. The largest absolute Gasteiger partial charge is 0.265 e. The fourth-order valence-electron chi connectivity index (χ4n) is 1.83. The van der Waals surface area contributed by atoms with Crippen molar-refractivity contribution in [2.24, 2.45) is 0 Å². The van der Waals surface area contributed by atoms with Crippen LogP contribution in [0.4, 0.5) is 4.39 Å². The molecule has 0 N–H and O–H groups in total. The Kier molecular flexibility index (Phi) is 4.51. The van der Waals surface area contributed by atoms with Crippen LogP contribution in [0.3, 0.4) is 0 Å². The third-order valence-corrected chi connectivity index (χ3v) is 4.71. The third kappa shape index (κ3) is 2.98. The molecule has 2 aromatic rings. The second-order valence-corrected chi connectivity index (χ2v) is 6.04. The number of benzene rings is 1. The second kappa shape index (κ2) is 5.93. The molecule has 1 aromatic heterocycles. The lowest BCUT2D eigenvalue weighted by Crippen LogP contribution is -2.04. The van der Waals surface area contributed by atoms with Crippen molar-refractivity contribution in [1.82, 2.24) is 4.98 Å². The number of hydrogen-bond donors (Lipinski definition) is 0. The van der Waals surface area contributed by atoms with Crippen LogP contribution in [0.2, 0.25) is 0 Å². The molecule has 2 rings (SSSR count). The molecule has 2 unspecified atom stereocenters. The summed E-state index contributed by atoms with van der Waals surface area (Å²) in [6, 6.07) is 8.90. The molecule has 1 nitrogen and oxygen atoms in total. The van der Waals surface area contributed by atoms with E-state index in [1.54, 1.807) is 18.5 Å². The number of halogens is 3. The molecule has 0 radical (unpaired) electrons. The Morgan fingerprint density at radius 3 is 2.50 bits per heavy atom. The third-order valence-electron chi connectivity index (χ3n) is 2.93. The van der Waals surface area contributed by atoms with Crippen molar-refractivity contribution in [3.8, 4) is 0 Å². The fourth-order valence-corrected chi connectivity index (χ4v) is 2.87. The first-order valence-corrected chi connectivity index (χ1v) is 7.29. The van der Waals surface area contributed by atoms with Crippen molar-refractivity contribution in [1.29, 1.82) is 0 Å². The van der Waals surface area contributed by atoms with Gasteiger partial charge in [-0.2, -0.15) is 0 Å². The quantitative estimate of drug-likeness (QED) is 0.673. The van der Waals surface area contributed by atoms with Gasteiger partial charge in [-0.1, -0.05) is 38.8 Å². The summed E-state index contributed by atoms with van der Waals surface area (Å²) in [5.74, 6) is -0.0298. The molecule has 4 heteroatoms. The molecule has 94 valence electrons. The SMILES string of the molecule is CC(c1ccncc1)C(Br)c1cc(Br)ccc1F. The molecule has 18 heavy (non-hydrogen) atoms. The average Bonchev–Trinajstić information content (AvgIpc) is 2.41. The Balaban J connectivity index is 2.31. The van der Waals surface area contributed by atoms with Gasteiger partial charge >= 0.3 is 0 Å². The summed E-state index contributed by atoms with van der Waals surface area (Å²) in [6.45, 7) is 2.06. The van der Waals surface area contributed by atoms with Gasteiger partial charge in [-0.3, -0.25) is 4.98 Å². The lowest BCUT2D eigenvalue weighted by Gasteiger charge is -2.19.